The van der Waals surface area contributed by atoms with Crippen LogP contribution in [0.1, 0.15) is 16.7 Å². The molecule has 0 saturated heterocycles. The molecule has 0 radical (unpaired) electrons. The lowest BCUT2D eigenvalue weighted by Gasteiger charge is -2.01. The second-order valence-electron chi connectivity index (χ2n) is 7.49. The number of nitrogens with zero attached hydrogens (tertiary/aromatic N) is 3. The van der Waals surface area contributed by atoms with Crippen molar-refractivity contribution in [1.29, 1.82) is 0 Å². The van der Waals surface area contributed by atoms with E-state index in [9.17, 15) is 44.8 Å². The Morgan fingerprint density at radius 3 is 1.46 bits per heavy atom. The van der Waals surface area contributed by atoms with E-state index in [1.807, 2.05) is 6.26 Å². The fourth-order valence-corrected chi connectivity index (χ4v) is 4.43. The van der Waals surface area contributed by atoms with Crippen molar-refractivity contribution in [3.05, 3.63) is 102 Å². The van der Waals surface area contributed by atoms with Crippen LogP contribution in [0.4, 0.5) is 17.1 Å². The van der Waals surface area contributed by atoms with Gasteiger partial charge in [-0.15, -0.1) is 0 Å². The number of hydrogen-bond acceptors (Lipinski definition) is 11. The second-order valence-corrected chi connectivity index (χ2v) is 10.4. The minimum atomic E-state index is -1.13. The quantitative estimate of drug-likeness (QED) is 0.157. The Bertz CT molecular complexity index is 1360. The number of phenols is 3. The summed E-state index contributed by atoms with van der Waals surface area (Å²) in [5, 5.41) is 59.3. The monoisotopic (exact) mass is 645 g/mol. The van der Waals surface area contributed by atoms with Crippen molar-refractivity contribution in [1.82, 2.24) is 0 Å². The van der Waals surface area contributed by atoms with Crippen LogP contribution in [0.2, 0.25) is 0 Å². The number of non-ortho nitro benzene ring substituents is 3. The van der Waals surface area contributed by atoms with Gasteiger partial charge in [0.1, 0.15) is 17.2 Å². The van der Waals surface area contributed by atoms with E-state index in [-0.39, 0.29) is 40.1 Å². The first kappa shape index (κ1) is 33.3. The lowest BCUT2D eigenvalue weighted by molar-refractivity contribution is -0.385. The summed E-state index contributed by atoms with van der Waals surface area (Å²) >= 11 is 4.62. The Morgan fingerprint density at radius 1 is 0.744 bits per heavy atom. The fraction of sp³-hybridized carbons (Fsp3) is 0.217. The molecule has 0 heterocycles. The number of phenolic OH excluding ortho intramolecular Hbond substituents is 3. The van der Waals surface area contributed by atoms with Gasteiger partial charge in [-0.2, -0.15) is 11.8 Å². The van der Waals surface area contributed by atoms with Crippen LogP contribution in [0, 0.1) is 30.3 Å². The van der Waals surface area contributed by atoms with Crippen LogP contribution in [-0.4, -0.2) is 46.8 Å². The predicted molar refractivity (Wildman–Crippen MR) is 152 cm³/mol. The van der Waals surface area contributed by atoms with Gasteiger partial charge in [-0.1, -0.05) is 15.9 Å². The van der Waals surface area contributed by atoms with Gasteiger partial charge >= 0.3 is 0 Å². The Kier molecular flexibility index (Phi) is 13.9. The van der Waals surface area contributed by atoms with Crippen molar-refractivity contribution in [2.75, 3.05) is 12.5 Å². The molecule has 0 aliphatic heterocycles. The smallest absolute Gasteiger partial charge is 0.270 e. The third-order valence-corrected chi connectivity index (χ3v) is 6.55. The molecule has 0 aliphatic carbocycles. The molecule has 3 rings (SSSR count). The minimum absolute atomic E-state index is 0.0118. The highest BCUT2D eigenvalue weighted by Gasteiger charge is 2.11. The summed E-state index contributed by atoms with van der Waals surface area (Å²) in [5.74, 6) is 0.810. The van der Waals surface area contributed by atoms with E-state index in [1.165, 1.54) is 72.6 Å². The average Bonchev–Trinajstić information content (AvgIpc) is 2.87. The largest absolute Gasteiger partial charge is 0.508 e. The zero-order chi connectivity index (χ0) is 29.7. The number of nitro benzene ring substituents is 3. The van der Waals surface area contributed by atoms with Gasteiger partial charge in [-0.05, 0) is 24.5 Å². The highest BCUT2D eigenvalue weighted by Crippen LogP contribution is 2.26. The van der Waals surface area contributed by atoms with Crippen molar-refractivity contribution >= 4 is 55.6 Å². The van der Waals surface area contributed by atoms with E-state index in [4.69, 9.17) is 5.11 Å². The first-order chi connectivity index (χ1) is 18.3. The maximum absolute atomic E-state index is 10.9. The molecule has 0 bridgehead atoms. The Hall–Kier alpha value is -3.76. The molecule has 1 unspecified atom stereocenters. The first-order valence-electron chi connectivity index (χ1n) is 10.5. The number of benzene rings is 3. The van der Waals surface area contributed by atoms with E-state index in [0.29, 0.717) is 27.8 Å². The second kappa shape index (κ2) is 16.3. The number of aromatic hydroxyl groups is 3. The number of thioether (sulfide) groups is 1. The summed E-state index contributed by atoms with van der Waals surface area (Å²) in [6.45, 7) is 0. The van der Waals surface area contributed by atoms with Crippen LogP contribution in [0.5, 0.6) is 17.2 Å². The van der Waals surface area contributed by atoms with Gasteiger partial charge in [0.05, 0.1) is 20.5 Å². The third kappa shape index (κ3) is 11.3. The standard InChI is InChI=1S/C8H9NO4S.C8H9NO3S.C7H6BrNO3/c1-14(13)5-6-4-7(9(11)12)2-3-8(6)10;1-13-5-6-4-7(9(11)12)2-3-8(6)10;8-4-5-3-6(9(11)12)1-2-7(5)10/h2-4,10H,5H2,1H3;2-4,10H,5H2,1H3;1-3,10H,4H2. The highest BCUT2D eigenvalue weighted by atomic mass is 79.9. The summed E-state index contributed by atoms with van der Waals surface area (Å²) in [6, 6.07) is 11.6. The minimum Gasteiger partial charge on any atom is -0.508 e. The van der Waals surface area contributed by atoms with Crippen LogP contribution in [0.15, 0.2) is 54.6 Å². The molecule has 0 fully saturated rings. The van der Waals surface area contributed by atoms with Gasteiger partial charge in [-0.3, -0.25) is 34.6 Å². The van der Waals surface area contributed by atoms with Crippen molar-refractivity contribution in [2.45, 2.75) is 16.8 Å². The summed E-state index contributed by atoms with van der Waals surface area (Å²) in [6.07, 6.45) is 3.34. The van der Waals surface area contributed by atoms with E-state index >= 15 is 0 Å². The van der Waals surface area contributed by atoms with Gasteiger partial charge < -0.3 is 15.3 Å². The van der Waals surface area contributed by atoms with Gasteiger partial charge in [0.2, 0.25) is 0 Å². The molecule has 3 aromatic rings. The van der Waals surface area contributed by atoms with Gasteiger partial charge in [0, 0.05) is 81.2 Å². The zero-order valence-electron chi connectivity index (χ0n) is 20.6. The molecule has 1 atom stereocenters. The Labute approximate surface area is 237 Å². The molecule has 0 spiro atoms. The molecule has 0 amide bonds. The first-order valence-corrected chi connectivity index (χ1v) is 14.8. The molecular formula is C23H24BrN3O10S2. The Balaban J connectivity index is 0.000000293. The maximum atomic E-state index is 10.9. The number of hydrogen-bond donors (Lipinski definition) is 3. The lowest BCUT2D eigenvalue weighted by atomic mass is 10.2. The van der Waals surface area contributed by atoms with E-state index in [2.05, 4.69) is 15.9 Å². The summed E-state index contributed by atoms with van der Waals surface area (Å²) in [7, 11) is -1.13. The Morgan fingerprint density at radius 2 is 1.10 bits per heavy atom. The molecule has 0 saturated carbocycles. The predicted octanol–water partition coefficient (Wildman–Crippen LogP) is 5.54. The van der Waals surface area contributed by atoms with E-state index in [0.717, 1.165) is 0 Å². The summed E-state index contributed by atoms with van der Waals surface area (Å²) in [4.78, 5) is 29.6. The number of alkyl halides is 1. The van der Waals surface area contributed by atoms with Crippen molar-refractivity contribution < 1.29 is 34.3 Å². The summed E-state index contributed by atoms with van der Waals surface area (Å²) in [5.41, 5.74) is 1.35. The number of halogens is 1. The molecule has 13 nitrogen and oxygen atoms in total. The zero-order valence-corrected chi connectivity index (χ0v) is 23.8. The molecule has 3 aromatic carbocycles. The number of nitro groups is 3. The van der Waals surface area contributed by atoms with Crippen LogP contribution in [0.25, 0.3) is 0 Å². The van der Waals surface area contributed by atoms with Gasteiger partial charge in [0.25, 0.3) is 17.1 Å². The molecule has 0 aliphatic rings. The van der Waals surface area contributed by atoms with Gasteiger partial charge in [0.15, 0.2) is 0 Å². The normalized spacial score (nSPS) is 10.7. The lowest BCUT2D eigenvalue weighted by Crippen LogP contribution is -1.95. The van der Waals surface area contributed by atoms with Crippen LogP contribution >= 0.6 is 27.7 Å². The molecule has 39 heavy (non-hydrogen) atoms. The van der Waals surface area contributed by atoms with Gasteiger partial charge in [-0.25, -0.2) is 0 Å². The van der Waals surface area contributed by atoms with E-state index in [1.54, 1.807) is 0 Å². The average molecular weight is 646 g/mol. The molecule has 0 aromatic heterocycles. The highest BCUT2D eigenvalue weighted by molar-refractivity contribution is 9.08. The fourth-order valence-electron chi connectivity index (χ4n) is 2.77. The molecular weight excluding hydrogens is 622 g/mol. The van der Waals surface area contributed by atoms with Crippen molar-refractivity contribution in [2.24, 2.45) is 0 Å². The molecule has 16 heteroatoms. The topological polar surface area (TPSA) is 207 Å². The number of rotatable bonds is 8. The maximum Gasteiger partial charge on any atom is 0.270 e. The molecule has 3 N–H and O–H groups in total. The van der Waals surface area contributed by atoms with Crippen molar-refractivity contribution in [3.8, 4) is 17.2 Å². The van der Waals surface area contributed by atoms with E-state index < -0.39 is 25.6 Å². The van der Waals surface area contributed by atoms with Crippen LogP contribution in [0.3, 0.4) is 0 Å². The third-order valence-electron chi connectivity index (χ3n) is 4.62. The molecule has 210 valence electrons. The van der Waals surface area contributed by atoms with Crippen LogP contribution in [-0.2, 0) is 27.6 Å². The van der Waals surface area contributed by atoms with Crippen LogP contribution < -0.4 is 0 Å². The van der Waals surface area contributed by atoms with Crippen molar-refractivity contribution in [3.63, 3.8) is 0 Å². The SMILES string of the molecule is CS(=O)Cc1cc([N+](=O)[O-])ccc1O.CSCc1cc([N+](=O)[O-])ccc1O.O=[N+]([O-])c1ccc(O)c(CBr)c1. The summed E-state index contributed by atoms with van der Waals surface area (Å²) < 4.78 is 10.9.